The highest BCUT2D eigenvalue weighted by Gasteiger charge is 2.42. The van der Waals surface area contributed by atoms with Crippen LogP contribution in [-0.2, 0) is 4.74 Å². The highest BCUT2D eigenvalue weighted by Crippen LogP contribution is 2.44. The van der Waals surface area contributed by atoms with Crippen molar-refractivity contribution in [3.05, 3.63) is 70.4 Å². The maximum absolute atomic E-state index is 13.0. The SMILES string of the molecule is COCCN1C(=O)c2[nH]nc(-c3ccccc3O)c2[C@H]1c1cccc(Cl)c1. The Morgan fingerprint density at radius 3 is 2.81 bits per heavy atom. The normalized spacial score (nSPS) is 16.0. The molecule has 0 fully saturated rings. The number of aromatic amines is 1. The molecular formula is C20H18ClN3O3. The molecule has 6 nitrogen and oxygen atoms in total. The lowest BCUT2D eigenvalue weighted by molar-refractivity contribution is 0.0677. The predicted octanol–water partition coefficient (Wildman–Crippen LogP) is 3.63. The van der Waals surface area contributed by atoms with Gasteiger partial charge in [0.1, 0.15) is 17.1 Å². The van der Waals surface area contributed by atoms with Crippen LogP contribution in [-0.4, -0.2) is 46.4 Å². The number of phenols is 1. The Bertz CT molecular complexity index is 1000. The first kappa shape index (κ1) is 17.6. The summed E-state index contributed by atoms with van der Waals surface area (Å²) in [6.07, 6.45) is 0. The number of aromatic hydroxyl groups is 1. The van der Waals surface area contributed by atoms with E-state index in [4.69, 9.17) is 16.3 Å². The maximum Gasteiger partial charge on any atom is 0.273 e. The monoisotopic (exact) mass is 383 g/mol. The second kappa shape index (κ2) is 7.06. The molecule has 3 aromatic rings. The van der Waals surface area contributed by atoms with Gasteiger partial charge in [0.2, 0.25) is 0 Å². The number of rotatable bonds is 5. The molecular weight excluding hydrogens is 366 g/mol. The minimum atomic E-state index is -0.366. The van der Waals surface area contributed by atoms with Gasteiger partial charge in [0.15, 0.2) is 0 Å². The third-order valence-electron chi connectivity index (χ3n) is 4.72. The Morgan fingerprint density at radius 1 is 1.26 bits per heavy atom. The fourth-order valence-corrected chi connectivity index (χ4v) is 3.72. The molecule has 0 bridgehead atoms. The molecule has 0 aliphatic carbocycles. The molecule has 1 amide bonds. The summed E-state index contributed by atoms with van der Waals surface area (Å²) in [5, 5.41) is 18.1. The topological polar surface area (TPSA) is 78.5 Å². The van der Waals surface area contributed by atoms with Gasteiger partial charge in [0, 0.05) is 29.8 Å². The predicted molar refractivity (Wildman–Crippen MR) is 102 cm³/mol. The third kappa shape index (κ3) is 2.97. The number of fused-ring (bicyclic) bond motifs is 1. The Balaban J connectivity index is 1.89. The smallest absolute Gasteiger partial charge is 0.273 e. The molecule has 1 aliphatic heterocycles. The van der Waals surface area contributed by atoms with Gasteiger partial charge in [-0.15, -0.1) is 0 Å². The second-order valence-corrected chi connectivity index (χ2v) is 6.76. The molecule has 0 saturated carbocycles. The number of halogens is 1. The summed E-state index contributed by atoms with van der Waals surface area (Å²) in [5.41, 5.74) is 3.17. The summed E-state index contributed by atoms with van der Waals surface area (Å²) < 4.78 is 5.18. The quantitative estimate of drug-likeness (QED) is 0.705. The molecule has 138 valence electrons. The van der Waals surface area contributed by atoms with Crippen LogP contribution in [0.2, 0.25) is 5.02 Å². The number of phenolic OH excluding ortho intramolecular Hbond substituents is 1. The lowest BCUT2D eigenvalue weighted by Gasteiger charge is -2.26. The van der Waals surface area contributed by atoms with E-state index in [1.54, 1.807) is 36.3 Å². The van der Waals surface area contributed by atoms with Gasteiger partial charge in [-0.1, -0.05) is 35.9 Å². The van der Waals surface area contributed by atoms with Crippen molar-refractivity contribution in [1.29, 1.82) is 0 Å². The highest BCUT2D eigenvalue weighted by molar-refractivity contribution is 6.30. The van der Waals surface area contributed by atoms with Crippen LogP contribution in [0.4, 0.5) is 0 Å². The molecule has 0 unspecified atom stereocenters. The zero-order chi connectivity index (χ0) is 19.0. The number of carbonyl (C=O) groups is 1. The lowest BCUT2D eigenvalue weighted by atomic mass is 9.96. The summed E-state index contributed by atoms with van der Waals surface area (Å²) in [6.45, 7) is 0.835. The number of hydrogen-bond donors (Lipinski definition) is 2. The van der Waals surface area contributed by atoms with Crippen LogP contribution in [0.3, 0.4) is 0 Å². The molecule has 7 heteroatoms. The minimum Gasteiger partial charge on any atom is -0.507 e. The fraction of sp³-hybridized carbons (Fsp3) is 0.200. The molecule has 2 heterocycles. The second-order valence-electron chi connectivity index (χ2n) is 6.33. The number of ether oxygens (including phenoxy) is 1. The summed E-state index contributed by atoms with van der Waals surface area (Å²) in [4.78, 5) is 14.7. The zero-order valence-corrected chi connectivity index (χ0v) is 15.4. The Kier molecular flexibility index (Phi) is 4.59. The van der Waals surface area contributed by atoms with E-state index in [0.717, 1.165) is 11.1 Å². The molecule has 0 radical (unpaired) electrons. The molecule has 2 N–H and O–H groups in total. The summed E-state index contributed by atoms with van der Waals surface area (Å²) in [6, 6.07) is 14.0. The molecule has 1 aromatic heterocycles. The molecule has 0 saturated heterocycles. The van der Waals surface area contributed by atoms with Crippen molar-refractivity contribution in [2.24, 2.45) is 0 Å². The number of nitrogens with zero attached hydrogens (tertiary/aromatic N) is 2. The van der Waals surface area contributed by atoms with E-state index in [0.29, 0.717) is 35.1 Å². The van der Waals surface area contributed by atoms with E-state index in [2.05, 4.69) is 10.2 Å². The Labute approximate surface area is 161 Å². The standard InChI is InChI=1S/C20H18ClN3O3/c1-27-10-9-24-19(12-5-4-6-13(21)11-12)16-17(22-23-18(16)20(24)26)14-7-2-3-8-15(14)25/h2-8,11,19,25H,9-10H2,1H3,(H,22,23)/t19-/m1/s1. The average Bonchev–Trinajstić information content (AvgIpc) is 3.20. The Morgan fingerprint density at radius 2 is 2.07 bits per heavy atom. The van der Waals surface area contributed by atoms with Gasteiger partial charge in [0.25, 0.3) is 5.91 Å². The molecule has 1 aliphatic rings. The molecule has 0 spiro atoms. The van der Waals surface area contributed by atoms with E-state index in [9.17, 15) is 9.90 Å². The van der Waals surface area contributed by atoms with Crippen LogP contribution < -0.4 is 0 Å². The fourth-order valence-electron chi connectivity index (χ4n) is 3.52. The van der Waals surface area contributed by atoms with Crippen molar-refractivity contribution in [1.82, 2.24) is 15.1 Å². The van der Waals surface area contributed by atoms with E-state index in [1.165, 1.54) is 0 Å². The van der Waals surface area contributed by atoms with Crippen LogP contribution in [0.25, 0.3) is 11.3 Å². The molecule has 4 rings (SSSR count). The van der Waals surface area contributed by atoms with Gasteiger partial charge < -0.3 is 14.7 Å². The minimum absolute atomic E-state index is 0.111. The van der Waals surface area contributed by atoms with Gasteiger partial charge >= 0.3 is 0 Å². The first-order valence-corrected chi connectivity index (χ1v) is 8.91. The molecule has 27 heavy (non-hydrogen) atoms. The number of amides is 1. The van der Waals surface area contributed by atoms with E-state index in [1.807, 2.05) is 24.3 Å². The zero-order valence-electron chi connectivity index (χ0n) is 14.6. The largest absolute Gasteiger partial charge is 0.507 e. The number of para-hydroxylation sites is 1. The molecule has 2 aromatic carbocycles. The first-order valence-electron chi connectivity index (χ1n) is 8.53. The van der Waals surface area contributed by atoms with Crippen molar-refractivity contribution in [3.63, 3.8) is 0 Å². The number of hydrogen-bond acceptors (Lipinski definition) is 4. The number of benzene rings is 2. The number of H-pyrrole nitrogens is 1. The van der Waals surface area contributed by atoms with Crippen molar-refractivity contribution >= 4 is 17.5 Å². The lowest BCUT2D eigenvalue weighted by Crippen LogP contribution is -2.32. The van der Waals surface area contributed by atoms with Crippen molar-refractivity contribution in [3.8, 4) is 17.0 Å². The number of nitrogens with one attached hydrogen (secondary N) is 1. The van der Waals surface area contributed by atoms with Gasteiger partial charge in [-0.25, -0.2) is 0 Å². The average molecular weight is 384 g/mol. The van der Waals surface area contributed by atoms with Gasteiger partial charge in [0.05, 0.1) is 12.6 Å². The summed E-state index contributed by atoms with van der Waals surface area (Å²) in [7, 11) is 1.60. The van der Waals surface area contributed by atoms with Crippen molar-refractivity contribution < 1.29 is 14.6 Å². The summed E-state index contributed by atoms with van der Waals surface area (Å²) >= 11 is 6.20. The Hall–Kier alpha value is -2.83. The van der Waals surface area contributed by atoms with Crippen LogP contribution in [0.5, 0.6) is 5.75 Å². The van der Waals surface area contributed by atoms with E-state index >= 15 is 0 Å². The van der Waals surface area contributed by atoms with Crippen molar-refractivity contribution in [2.45, 2.75) is 6.04 Å². The summed E-state index contributed by atoms with van der Waals surface area (Å²) in [5.74, 6) is -0.0411. The number of aromatic nitrogens is 2. The molecule has 1 atom stereocenters. The van der Waals surface area contributed by atoms with Crippen LogP contribution in [0.1, 0.15) is 27.7 Å². The van der Waals surface area contributed by atoms with Gasteiger partial charge in [-0.3, -0.25) is 9.89 Å². The van der Waals surface area contributed by atoms with Crippen LogP contribution >= 0.6 is 11.6 Å². The van der Waals surface area contributed by atoms with Gasteiger partial charge in [-0.2, -0.15) is 5.10 Å². The third-order valence-corrected chi connectivity index (χ3v) is 4.96. The number of methoxy groups -OCH3 is 1. The maximum atomic E-state index is 13.0. The first-order chi connectivity index (χ1) is 13.1. The van der Waals surface area contributed by atoms with Crippen LogP contribution in [0.15, 0.2) is 48.5 Å². The van der Waals surface area contributed by atoms with E-state index in [-0.39, 0.29) is 17.7 Å². The highest BCUT2D eigenvalue weighted by atomic mass is 35.5. The number of carbonyl (C=O) groups excluding carboxylic acids is 1. The van der Waals surface area contributed by atoms with Gasteiger partial charge in [-0.05, 0) is 29.8 Å². The van der Waals surface area contributed by atoms with Crippen LogP contribution in [0, 0.1) is 0 Å². The van der Waals surface area contributed by atoms with Crippen molar-refractivity contribution in [2.75, 3.05) is 20.3 Å². The van der Waals surface area contributed by atoms with E-state index < -0.39 is 0 Å².